The molecule has 4 heteroatoms. The van der Waals surface area contributed by atoms with Crippen LogP contribution in [-0.2, 0) is 11.2 Å². The molecule has 0 unspecified atom stereocenters. The summed E-state index contributed by atoms with van der Waals surface area (Å²) in [4.78, 5) is 14.4. The minimum Gasteiger partial charge on any atom is -0.349 e. The molecule has 0 aliphatic heterocycles. The van der Waals surface area contributed by atoms with Crippen LogP contribution in [0.15, 0.2) is 17.7 Å². The van der Waals surface area contributed by atoms with Crippen molar-refractivity contribution in [2.45, 2.75) is 51.5 Å². The second kappa shape index (κ2) is 7.25. The van der Waals surface area contributed by atoms with E-state index in [4.69, 9.17) is 0 Å². The van der Waals surface area contributed by atoms with Crippen LogP contribution in [-0.4, -0.2) is 11.9 Å². The number of hydrogen-bond acceptors (Lipinski definition) is 3. The fourth-order valence-electron chi connectivity index (χ4n) is 2.46. The zero-order valence-corrected chi connectivity index (χ0v) is 12.6. The average molecular weight is 288 g/mol. The van der Waals surface area contributed by atoms with E-state index in [-0.39, 0.29) is 17.5 Å². The number of aryl methyl sites for hydroxylation is 1. The van der Waals surface area contributed by atoms with Crippen molar-refractivity contribution in [2.75, 3.05) is 0 Å². The average Bonchev–Trinajstić information content (AvgIpc) is 2.93. The highest BCUT2D eigenvalue weighted by Crippen LogP contribution is 2.21. The van der Waals surface area contributed by atoms with Gasteiger partial charge in [-0.1, -0.05) is 26.2 Å². The SMILES string of the molecule is CCc1ccc(/C=C(/C#N)C(=O)NC2CCCCC2)s1. The lowest BCUT2D eigenvalue weighted by Gasteiger charge is -2.22. The van der Waals surface area contributed by atoms with E-state index in [1.807, 2.05) is 18.2 Å². The van der Waals surface area contributed by atoms with Gasteiger partial charge in [0.15, 0.2) is 0 Å². The van der Waals surface area contributed by atoms with E-state index in [0.717, 1.165) is 24.1 Å². The molecular formula is C16H20N2OS. The summed E-state index contributed by atoms with van der Waals surface area (Å²) in [5.41, 5.74) is 0.208. The van der Waals surface area contributed by atoms with Gasteiger partial charge in [-0.25, -0.2) is 0 Å². The lowest BCUT2D eigenvalue weighted by Crippen LogP contribution is -2.36. The predicted molar refractivity (Wildman–Crippen MR) is 82.3 cm³/mol. The minimum atomic E-state index is -0.231. The summed E-state index contributed by atoms with van der Waals surface area (Å²) in [6.07, 6.45) is 8.33. The molecule has 1 aliphatic rings. The third kappa shape index (κ3) is 3.94. The van der Waals surface area contributed by atoms with Crippen LogP contribution in [0.4, 0.5) is 0 Å². The van der Waals surface area contributed by atoms with E-state index in [0.29, 0.717) is 0 Å². The lowest BCUT2D eigenvalue weighted by atomic mass is 9.95. The van der Waals surface area contributed by atoms with E-state index in [1.165, 1.54) is 24.1 Å². The van der Waals surface area contributed by atoms with E-state index in [2.05, 4.69) is 12.2 Å². The molecule has 0 spiro atoms. The summed E-state index contributed by atoms with van der Waals surface area (Å²) in [7, 11) is 0. The van der Waals surface area contributed by atoms with Crippen molar-refractivity contribution in [2.24, 2.45) is 0 Å². The fraction of sp³-hybridized carbons (Fsp3) is 0.500. The van der Waals surface area contributed by atoms with Crippen LogP contribution < -0.4 is 5.32 Å². The van der Waals surface area contributed by atoms with E-state index >= 15 is 0 Å². The molecule has 0 aromatic carbocycles. The molecule has 0 radical (unpaired) electrons. The Kier molecular flexibility index (Phi) is 5.37. The number of nitrogens with one attached hydrogen (secondary N) is 1. The number of nitriles is 1. The van der Waals surface area contributed by atoms with Crippen LogP contribution in [0.5, 0.6) is 0 Å². The van der Waals surface area contributed by atoms with Crippen molar-refractivity contribution in [1.82, 2.24) is 5.32 Å². The van der Waals surface area contributed by atoms with Gasteiger partial charge in [-0.2, -0.15) is 5.26 Å². The third-order valence-electron chi connectivity index (χ3n) is 3.62. The number of carbonyl (C=O) groups is 1. The zero-order chi connectivity index (χ0) is 14.4. The summed E-state index contributed by atoms with van der Waals surface area (Å²) >= 11 is 1.63. The molecule has 1 N–H and O–H groups in total. The second-order valence-corrected chi connectivity index (χ2v) is 6.34. The highest BCUT2D eigenvalue weighted by atomic mass is 32.1. The maximum Gasteiger partial charge on any atom is 0.262 e. The van der Waals surface area contributed by atoms with Gasteiger partial charge in [0.1, 0.15) is 11.6 Å². The Balaban J connectivity index is 2.03. The maximum absolute atomic E-state index is 12.1. The second-order valence-electron chi connectivity index (χ2n) is 5.14. The Morgan fingerprint density at radius 1 is 1.45 bits per heavy atom. The summed E-state index contributed by atoms with van der Waals surface area (Å²) < 4.78 is 0. The number of rotatable bonds is 4. The number of nitrogens with zero attached hydrogens (tertiary/aromatic N) is 1. The molecule has 1 fully saturated rings. The van der Waals surface area contributed by atoms with Crippen LogP contribution in [0.25, 0.3) is 6.08 Å². The third-order valence-corrected chi connectivity index (χ3v) is 4.80. The monoisotopic (exact) mass is 288 g/mol. The molecule has 0 atom stereocenters. The van der Waals surface area contributed by atoms with Crippen molar-refractivity contribution in [3.05, 3.63) is 27.5 Å². The topological polar surface area (TPSA) is 52.9 Å². The Labute approximate surface area is 124 Å². The molecule has 1 aromatic rings. The Morgan fingerprint density at radius 3 is 2.80 bits per heavy atom. The highest BCUT2D eigenvalue weighted by Gasteiger charge is 2.18. The molecule has 1 aliphatic carbocycles. The summed E-state index contributed by atoms with van der Waals surface area (Å²) in [6.45, 7) is 2.10. The van der Waals surface area contributed by atoms with Gasteiger partial charge >= 0.3 is 0 Å². The first-order valence-corrected chi connectivity index (χ1v) is 8.06. The lowest BCUT2D eigenvalue weighted by molar-refractivity contribution is -0.117. The molecule has 106 valence electrons. The largest absolute Gasteiger partial charge is 0.349 e. The smallest absolute Gasteiger partial charge is 0.262 e. The van der Waals surface area contributed by atoms with Gasteiger partial charge < -0.3 is 5.32 Å². The van der Waals surface area contributed by atoms with Crippen LogP contribution in [0.2, 0.25) is 0 Å². The van der Waals surface area contributed by atoms with E-state index in [9.17, 15) is 10.1 Å². The van der Waals surface area contributed by atoms with Gasteiger partial charge in [0.05, 0.1) is 0 Å². The van der Waals surface area contributed by atoms with Crippen molar-refractivity contribution in [1.29, 1.82) is 5.26 Å². The van der Waals surface area contributed by atoms with Gasteiger partial charge in [0.2, 0.25) is 0 Å². The van der Waals surface area contributed by atoms with Gasteiger partial charge in [-0.15, -0.1) is 11.3 Å². The standard InChI is InChI=1S/C16H20N2OS/c1-2-14-8-9-15(20-14)10-12(11-17)16(19)18-13-6-4-3-5-7-13/h8-10,13H,2-7H2,1H3,(H,18,19)/b12-10-. The van der Waals surface area contributed by atoms with Crippen LogP contribution in [0.3, 0.4) is 0 Å². The predicted octanol–water partition coefficient (Wildman–Crippen LogP) is 3.67. The molecule has 3 nitrogen and oxygen atoms in total. The molecule has 20 heavy (non-hydrogen) atoms. The first-order valence-electron chi connectivity index (χ1n) is 7.24. The molecule has 1 aromatic heterocycles. The van der Waals surface area contributed by atoms with Crippen molar-refractivity contribution in [3.63, 3.8) is 0 Å². The van der Waals surface area contributed by atoms with Crippen molar-refractivity contribution >= 4 is 23.3 Å². The highest BCUT2D eigenvalue weighted by molar-refractivity contribution is 7.12. The maximum atomic E-state index is 12.1. The molecule has 1 saturated carbocycles. The van der Waals surface area contributed by atoms with Crippen molar-refractivity contribution < 1.29 is 4.79 Å². The Bertz CT molecular complexity index is 533. The summed E-state index contributed by atoms with van der Waals surface area (Å²) in [6, 6.07) is 6.27. The Morgan fingerprint density at radius 2 is 2.20 bits per heavy atom. The number of carbonyl (C=O) groups excluding carboxylic acids is 1. The fourth-order valence-corrected chi connectivity index (χ4v) is 3.36. The summed E-state index contributed by atoms with van der Waals surface area (Å²) in [5.74, 6) is -0.231. The first-order chi connectivity index (χ1) is 9.72. The van der Waals surface area contributed by atoms with Gasteiger partial charge in [-0.3, -0.25) is 4.79 Å². The van der Waals surface area contributed by atoms with Gasteiger partial charge in [-0.05, 0) is 37.5 Å². The molecule has 1 heterocycles. The van der Waals surface area contributed by atoms with Crippen LogP contribution in [0, 0.1) is 11.3 Å². The molecular weight excluding hydrogens is 268 g/mol. The van der Waals surface area contributed by atoms with Crippen LogP contribution >= 0.6 is 11.3 Å². The van der Waals surface area contributed by atoms with E-state index < -0.39 is 0 Å². The van der Waals surface area contributed by atoms with Gasteiger partial charge in [0.25, 0.3) is 5.91 Å². The molecule has 2 rings (SSSR count). The number of hydrogen-bond donors (Lipinski definition) is 1. The zero-order valence-electron chi connectivity index (χ0n) is 11.8. The first kappa shape index (κ1) is 14.8. The quantitative estimate of drug-likeness (QED) is 0.679. The minimum absolute atomic E-state index is 0.208. The van der Waals surface area contributed by atoms with Crippen molar-refractivity contribution in [3.8, 4) is 6.07 Å². The number of amides is 1. The molecule has 1 amide bonds. The molecule has 0 saturated heterocycles. The molecule has 0 bridgehead atoms. The van der Waals surface area contributed by atoms with E-state index in [1.54, 1.807) is 17.4 Å². The summed E-state index contributed by atoms with van der Waals surface area (Å²) in [5, 5.41) is 12.2. The van der Waals surface area contributed by atoms with Crippen LogP contribution in [0.1, 0.15) is 48.8 Å². The van der Waals surface area contributed by atoms with Gasteiger partial charge in [0, 0.05) is 15.8 Å². The Hall–Kier alpha value is -1.60. The number of thiophene rings is 1. The normalized spacial score (nSPS) is 16.7.